The van der Waals surface area contributed by atoms with Gasteiger partial charge in [-0.15, -0.1) is 0 Å². The molecule has 0 radical (unpaired) electrons. The maximum absolute atomic E-state index is 11.9. The summed E-state index contributed by atoms with van der Waals surface area (Å²) >= 11 is 0. The number of nitrogens with zero attached hydrogens (tertiary/aromatic N) is 3. The lowest BCUT2D eigenvalue weighted by atomic mass is 9.91. The molecule has 2 aromatic heterocycles. The lowest BCUT2D eigenvalue weighted by molar-refractivity contribution is 0.0492. The van der Waals surface area contributed by atoms with Crippen LogP contribution in [0.3, 0.4) is 0 Å². The van der Waals surface area contributed by atoms with Crippen molar-refractivity contribution in [2.24, 2.45) is 7.05 Å². The molecule has 0 spiro atoms. The van der Waals surface area contributed by atoms with Gasteiger partial charge in [-0.3, -0.25) is 4.68 Å². The Bertz CT molecular complexity index is 741. The second-order valence-electron chi connectivity index (χ2n) is 7.73. The van der Waals surface area contributed by atoms with Crippen LogP contribution < -0.4 is 10.6 Å². The summed E-state index contributed by atoms with van der Waals surface area (Å²) in [5, 5.41) is 12.0. The molecule has 3 rings (SSSR count). The quantitative estimate of drug-likeness (QED) is 0.893. The highest BCUT2D eigenvalue weighted by Crippen LogP contribution is 2.25. The SMILES string of the molecule is Cn1cc2c(N[C@H]3CC[C@@H](NC(=O)OC(C)(C)C)CC3)nccc2n1. The zero-order chi connectivity index (χ0) is 18.0. The van der Waals surface area contributed by atoms with Crippen molar-refractivity contribution in [3.8, 4) is 0 Å². The Morgan fingerprint density at radius 2 is 1.92 bits per heavy atom. The Balaban J connectivity index is 1.53. The van der Waals surface area contributed by atoms with Gasteiger partial charge in [-0.25, -0.2) is 9.78 Å². The van der Waals surface area contributed by atoms with E-state index in [2.05, 4.69) is 20.7 Å². The van der Waals surface area contributed by atoms with Crippen LogP contribution in [0.25, 0.3) is 10.9 Å². The van der Waals surface area contributed by atoms with E-state index in [0.29, 0.717) is 6.04 Å². The van der Waals surface area contributed by atoms with Crippen molar-refractivity contribution < 1.29 is 9.53 Å². The van der Waals surface area contributed by atoms with Gasteiger partial charge in [0.15, 0.2) is 0 Å². The van der Waals surface area contributed by atoms with E-state index in [-0.39, 0.29) is 12.1 Å². The van der Waals surface area contributed by atoms with Gasteiger partial charge in [-0.1, -0.05) is 0 Å². The Hall–Kier alpha value is -2.31. The van der Waals surface area contributed by atoms with Gasteiger partial charge < -0.3 is 15.4 Å². The van der Waals surface area contributed by atoms with E-state index in [9.17, 15) is 4.79 Å². The maximum Gasteiger partial charge on any atom is 0.407 e. The third-order valence-electron chi connectivity index (χ3n) is 4.34. The fourth-order valence-corrected chi connectivity index (χ4v) is 3.23. The number of aryl methyl sites for hydroxylation is 1. The number of ether oxygens (including phenoxy) is 1. The Morgan fingerprint density at radius 1 is 1.24 bits per heavy atom. The topological polar surface area (TPSA) is 81.1 Å². The zero-order valence-electron chi connectivity index (χ0n) is 15.4. The number of fused-ring (bicyclic) bond motifs is 1. The van der Waals surface area contributed by atoms with Gasteiger partial charge >= 0.3 is 6.09 Å². The summed E-state index contributed by atoms with van der Waals surface area (Å²) in [6.07, 6.45) is 7.27. The lowest BCUT2D eigenvalue weighted by Crippen LogP contribution is -2.42. The Kier molecular flexibility index (Phi) is 4.83. The average Bonchev–Trinajstić information content (AvgIpc) is 2.88. The minimum absolute atomic E-state index is 0.176. The number of alkyl carbamates (subject to hydrolysis) is 1. The molecule has 1 saturated carbocycles. The fourth-order valence-electron chi connectivity index (χ4n) is 3.23. The van der Waals surface area contributed by atoms with E-state index in [4.69, 9.17) is 4.74 Å². The molecular weight excluding hydrogens is 318 g/mol. The van der Waals surface area contributed by atoms with Crippen LogP contribution >= 0.6 is 0 Å². The van der Waals surface area contributed by atoms with E-state index in [1.54, 1.807) is 10.9 Å². The molecule has 0 aliphatic heterocycles. The summed E-state index contributed by atoms with van der Waals surface area (Å²) in [7, 11) is 1.91. The van der Waals surface area contributed by atoms with Gasteiger partial charge in [-0.2, -0.15) is 5.10 Å². The highest BCUT2D eigenvalue weighted by Gasteiger charge is 2.25. The number of hydrogen-bond donors (Lipinski definition) is 2. The largest absolute Gasteiger partial charge is 0.444 e. The first-order valence-corrected chi connectivity index (χ1v) is 8.84. The summed E-state index contributed by atoms with van der Waals surface area (Å²) in [6.45, 7) is 5.62. The van der Waals surface area contributed by atoms with Crippen molar-refractivity contribution in [1.29, 1.82) is 0 Å². The van der Waals surface area contributed by atoms with Crippen LogP contribution in [0.4, 0.5) is 10.6 Å². The Morgan fingerprint density at radius 3 is 2.60 bits per heavy atom. The highest BCUT2D eigenvalue weighted by molar-refractivity contribution is 5.88. The summed E-state index contributed by atoms with van der Waals surface area (Å²) in [6, 6.07) is 2.45. The molecule has 2 heterocycles. The van der Waals surface area contributed by atoms with Crippen molar-refractivity contribution in [2.75, 3.05) is 5.32 Å². The standard InChI is InChI=1S/C18H27N5O2/c1-18(2,3)25-17(24)21-13-7-5-12(6-8-13)20-16-14-11-23(4)22-15(14)9-10-19-16/h9-13H,5-8H2,1-4H3,(H,19,20)(H,21,24)/t12-,13+. The molecule has 0 bridgehead atoms. The molecule has 1 aliphatic rings. The molecule has 1 aliphatic carbocycles. The number of nitrogens with one attached hydrogen (secondary N) is 2. The molecule has 2 N–H and O–H groups in total. The maximum atomic E-state index is 11.9. The van der Waals surface area contributed by atoms with Crippen LogP contribution in [0.15, 0.2) is 18.5 Å². The average molecular weight is 345 g/mol. The number of carbonyl (C=O) groups excluding carboxylic acids is 1. The third-order valence-corrected chi connectivity index (χ3v) is 4.34. The molecular formula is C18H27N5O2. The van der Waals surface area contributed by atoms with E-state index in [0.717, 1.165) is 42.4 Å². The number of amides is 1. The predicted molar refractivity (Wildman–Crippen MR) is 97.5 cm³/mol. The molecule has 0 unspecified atom stereocenters. The zero-order valence-corrected chi connectivity index (χ0v) is 15.4. The first kappa shape index (κ1) is 17.5. The number of rotatable bonds is 3. The Labute approximate surface area is 148 Å². The van der Waals surface area contributed by atoms with Crippen molar-refractivity contribution in [3.05, 3.63) is 18.5 Å². The van der Waals surface area contributed by atoms with Crippen molar-refractivity contribution in [3.63, 3.8) is 0 Å². The fraction of sp³-hybridized carbons (Fsp3) is 0.611. The van der Waals surface area contributed by atoms with Gasteiger partial charge in [0.05, 0.1) is 10.9 Å². The van der Waals surface area contributed by atoms with Gasteiger partial charge in [0.25, 0.3) is 0 Å². The minimum Gasteiger partial charge on any atom is -0.444 e. The molecule has 7 heteroatoms. The minimum atomic E-state index is -0.461. The second-order valence-corrected chi connectivity index (χ2v) is 7.73. The normalized spacial score (nSPS) is 21.1. The van der Waals surface area contributed by atoms with Crippen LogP contribution in [-0.2, 0) is 11.8 Å². The summed E-state index contributed by atoms with van der Waals surface area (Å²) in [5.41, 5.74) is 0.483. The number of aromatic nitrogens is 3. The van der Waals surface area contributed by atoms with E-state index < -0.39 is 5.60 Å². The molecule has 0 saturated heterocycles. The summed E-state index contributed by atoms with van der Waals surface area (Å²) < 4.78 is 7.13. The van der Waals surface area contributed by atoms with Crippen LogP contribution in [0.2, 0.25) is 0 Å². The number of anilines is 1. The van der Waals surface area contributed by atoms with E-state index in [1.165, 1.54) is 0 Å². The summed E-state index contributed by atoms with van der Waals surface area (Å²) in [5.74, 6) is 0.883. The molecule has 2 aromatic rings. The lowest BCUT2D eigenvalue weighted by Gasteiger charge is -2.30. The van der Waals surface area contributed by atoms with E-state index in [1.807, 2.05) is 40.1 Å². The van der Waals surface area contributed by atoms with Gasteiger partial charge in [0.2, 0.25) is 0 Å². The molecule has 136 valence electrons. The van der Waals surface area contributed by atoms with Crippen LogP contribution in [0, 0.1) is 0 Å². The van der Waals surface area contributed by atoms with Crippen molar-refractivity contribution in [1.82, 2.24) is 20.1 Å². The smallest absolute Gasteiger partial charge is 0.407 e. The van der Waals surface area contributed by atoms with Crippen LogP contribution in [-0.4, -0.2) is 38.5 Å². The number of hydrogen-bond acceptors (Lipinski definition) is 5. The van der Waals surface area contributed by atoms with Crippen LogP contribution in [0.5, 0.6) is 0 Å². The molecule has 0 atom stereocenters. The first-order valence-electron chi connectivity index (χ1n) is 8.84. The summed E-state index contributed by atoms with van der Waals surface area (Å²) in [4.78, 5) is 16.3. The monoisotopic (exact) mass is 345 g/mol. The van der Waals surface area contributed by atoms with Gasteiger partial charge in [-0.05, 0) is 52.5 Å². The second kappa shape index (κ2) is 6.90. The van der Waals surface area contributed by atoms with E-state index >= 15 is 0 Å². The predicted octanol–water partition coefficient (Wildman–Crippen LogP) is 3.22. The third kappa shape index (κ3) is 4.61. The van der Waals surface area contributed by atoms with Gasteiger partial charge in [0.1, 0.15) is 11.4 Å². The number of carbonyl (C=O) groups is 1. The first-order chi connectivity index (χ1) is 11.8. The molecule has 0 aromatic carbocycles. The highest BCUT2D eigenvalue weighted by atomic mass is 16.6. The number of pyridine rings is 1. The molecule has 1 fully saturated rings. The van der Waals surface area contributed by atoms with Crippen LogP contribution in [0.1, 0.15) is 46.5 Å². The van der Waals surface area contributed by atoms with Crippen molar-refractivity contribution >= 4 is 22.8 Å². The van der Waals surface area contributed by atoms with Gasteiger partial charge in [0, 0.05) is 31.5 Å². The molecule has 7 nitrogen and oxygen atoms in total. The molecule has 25 heavy (non-hydrogen) atoms. The molecule has 1 amide bonds. The van der Waals surface area contributed by atoms with Crippen molar-refractivity contribution in [2.45, 2.75) is 64.1 Å².